The predicted octanol–water partition coefficient (Wildman–Crippen LogP) is 5.25. The minimum Gasteiger partial charge on any atom is -0.389 e. The summed E-state index contributed by atoms with van der Waals surface area (Å²) in [5.41, 5.74) is 4.35. The van der Waals surface area contributed by atoms with Crippen LogP contribution in [0, 0.1) is 13.8 Å². The Labute approximate surface area is 253 Å². The van der Waals surface area contributed by atoms with Crippen molar-refractivity contribution in [3.05, 3.63) is 41.2 Å². The van der Waals surface area contributed by atoms with E-state index in [0.29, 0.717) is 19.6 Å². The van der Waals surface area contributed by atoms with Crippen molar-refractivity contribution in [2.75, 3.05) is 44.2 Å². The lowest BCUT2D eigenvalue weighted by Gasteiger charge is -2.50. The van der Waals surface area contributed by atoms with E-state index < -0.39 is 5.60 Å². The Kier molecular flexibility index (Phi) is 7.64. The van der Waals surface area contributed by atoms with Crippen molar-refractivity contribution in [3.8, 4) is 11.1 Å². The number of piperidine rings is 1. The van der Waals surface area contributed by atoms with Gasteiger partial charge < -0.3 is 14.9 Å². The Morgan fingerprint density at radius 2 is 1.90 bits per heavy atom. The number of amides is 1. The fourth-order valence-electron chi connectivity index (χ4n) is 7.78. The van der Waals surface area contributed by atoms with Crippen LogP contribution in [0.2, 0.25) is 5.02 Å². The third kappa shape index (κ3) is 5.13. The molecule has 2 aliphatic heterocycles. The number of piperazine rings is 1. The van der Waals surface area contributed by atoms with Crippen LogP contribution in [0.1, 0.15) is 69.7 Å². The molecule has 2 aromatic heterocycles. The number of H-pyrrole nitrogens is 1. The van der Waals surface area contributed by atoms with E-state index in [-0.39, 0.29) is 17.5 Å². The molecule has 2 N–H and O–H groups in total. The number of carbonyl (C=O) groups excluding carboxylic acids is 1. The number of aromatic amines is 1. The Bertz CT molecular complexity index is 1490. The average Bonchev–Trinajstić information content (AvgIpc) is 3.68. The Morgan fingerprint density at radius 1 is 1.19 bits per heavy atom. The zero-order chi connectivity index (χ0) is 29.8. The molecule has 0 atom stereocenters. The summed E-state index contributed by atoms with van der Waals surface area (Å²) in [4.78, 5) is 19.2. The highest BCUT2D eigenvalue weighted by Crippen LogP contribution is 2.48. The Hall–Kier alpha value is -2.88. The Morgan fingerprint density at radius 3 is 2.57 bits per heavy atom. The molecule has 9 nitrogen and oxygen atoms in total. The smallest absolute Gasteiger partial charge is 0.245 e. The number of aromatic nitrogens is 4. The lowest BCUT2D eigenvalue weighted by atomic mass is 9.89. The van der Waals surface area contributed by atoms with Crippen LogP contribution in [-0.2, 0) is 4.79 Å². The maximum atomic E-state index is 12.3. The number of likely N-dealkylation sites (tertiary alicyclic amines) is 1. The number of nitrogens with zero attached hydrogens (tertiary/aromatic N) is 6. The van der Waals surface area contributed by atoms with Crippen molar-refractivity contribution < 1.29 is 9.90 Å². The first-order valence-corrected chi connectivity index (χ1v) is 15.7. The molecular weight excluding hydrogens is 550 g/mol. The Balaban J connectivity index is 1.47. The van der Waals surface area contributed by atoms with Crippen LogP contribution in [-0.4, -0.2) is 91.2 Å². The van der Waals surface area contributed by atoms with E-state index in [0.717, 1.165) is 89.4 Å². The standard InChI is InChI=1S/C32H44ClN7O2/c1-6-26(41)38-13-9-23(10-14-38)40-22(3)27(28-24-18-34-35-25(24)17-21(2)29(28)33)30(36-40)39-16-15-37(19-31(4,5)42)20-32(39)11-7-8-12-32/h6,17-18,23,42H,1,7-16,19-20H2,2-5H3,(H,34,35). The number of carbonyl (C=O) groups is 1. The van der Waals surface area contributed by atoms with Gasteiger partial charge in [0.2, 0.25) is 5.91 Å². The lowest BCUT2D eigenvalue weighted by molar-refractivity contribution is -0.127. The molecule has 1 aromatic carbocycles. The maximum absolute atomic E-state index is 12.3. The first-order chi connectivity index (χ1) is 20.0. The van der Waals surface area contributed by atoms with Gasteiger partial charge in [0, 0.05) is 61.5 Å². The zero-order valence-corrected chi connectivity index (χ0v) is 26.2. The quantitative estimate of drug-likeness (QED) is 0.379. The average molecular weight is 594 g/mol. The summed E-state index contributed by atoms with van der Waals surface area (Å²) in [5.74, 6) is 0.991. The number of benzene rings is 1. The molecule has 2 saturated heterocycles. The summed E-state index contributed by atoms with van der Waals surface area (Å²) in [6, 6.07) is 2.25. The summed E-state index contributed by atoms with van der Waals surface area (Å²) < 4.78 is 2.22. The van der Waals surface area contributed by atoms with Gasteiger partial charge in [-0.25, -0.2) is 0 Å². The minimum atomic E-state index is -0.741. The fourth-order valence-corrected chi connectivity index (χ4v) is 8.03. The normalized spacial score (nSPS) is 20.2. The molecule has 0 unspecified atom stereocenters. The first kappa shape index (κ1) is 29.2. The van der Waals surface area contributed by atoms with Crippen molar-refractivity contribution >= 4 is 34.2 Å². The number of hydrogen-bond acceptors (Lipinski definition) is 6. The van der Waals surface area contributed by atoms with Crippen molar-refractivity contribution in [2.24, 2.45) is 0 Å². The van der Waals surface area contributed by atoms with E-state index in [1.54, 1.807) is 0 Å². The van der Waals surface area contributed by atoms with Crippen LogP contribution in [0.5, 0.6) is 0 Å². The zero-order valence-electron chi connectivity index (χ0n) is 25.4. The van der Waals surface area contributed by atoms with Gasteiger partial charge in [0.05, 0.1) is 33.9 Å². The number of β-amino-alcohol motifs (C(OH)–C–C–N with tert-alkyl or cyclic N) is 1. The van der Waals surface area contributed by atoms with Crippen molar-refractivity contribution in [1.29, 1.82) is 0 Å². The molecule has 0 bridgehead atoms. The molecule has 1 aliphatic carbocycles. The van der Waals surface area contributed by atoms with E-state index in [2.05, 4.69) is 44.2 Å². The molecule has 3 aliphatic rings. The van der Waals surface area contributed by atoms with Gasteiger partial charge >= 0.3 is 0 Å². The maximum Gasteiger partial charge on any atom is 0.245 e. The van der Waals surface area contributed by atoms with Gasteiger partial charge in [-0.2, -0.15) is 10.2 Å². The monoisotopic (exact) mass is 593 g/mol. The van der Waals surface area contributed by atoms with Crippen LogP contribution < -0.4 is 4.90 Å². The van der Waals surface area contributed by atoms with E-state index >= 15 is 0 Å². The van der Waals surface area contributed by atoms with Gasteiger partial charge in [0.15, 0.2) is 5.82 Å². The van der Waals surface area contributed by atoms with Gasteiger partial charge in [-0.1, -0.05) is 31.0 Å². The molecule has 6 rings (SSSR count). The van der Waals surface area contributed by atoms with Crippen LogP contribution in [0.3, 0.4) is 0 Å². The number of fused-ring (bicyclic) bond motifs is 1. The van der Waals surface area contributed by atoms with Gasteiger partial charge in [-0.3, -0.25) is 19.5 Å². The molecule has 1 amide bonds. The highest BCUT2D eigenvalue weighted by Gasteiger charge is 2.47. The van der Waals surface area contributed by atoms with E-state index in [4.69, 9.17) is 16.7 Å². The number of aryl methyl sites for hydroxylation is 1. The number of hydrogen-bond donors (Lipinski definition) is 2. The molecule has 10 heteroatoms. The van der Waals surface area contributed by atoms with Gasteiger partial charge in [0.1, 0.15) is 0 Å². The highest BCUT2D eigenvalue weighted by molar-refractivity contribution is 6.36. The molecule has 226 valence electrons. The highest BCUT2D eigenvalue weighted by atomic mass is 35.5. The predicted molar refractivity (Wildman–Crippen MR) is 168 cm³/mol. The van der Waals surface area contributed by atoms with Gasteiger partial charge in [-0.15, -0.1) is 0 Å². The topological polar surface area (TPSA) is 93.5 Å². The lowest BCUT2D eigenvalue weighted by Crippen LogP contribution is -2.63. The largest absolute Gasteiger partial charge is 0.389 e. The number of rotatable bonds is 6. The minimum absolute atomic E-state index is 0.00647. The van der Waals surface area contributed by atoms with E-state index in [1.807, 2.05) is 31.9 Å². The molecule has 0 radical (unpaired) electrons. The summed E-state index contributed by atoms with van der Waals surface area (Å²) in [5, 5.41) is 25.4. The van der Waals surface area contributed by atoms with Crippen molar-refractivity contribution in [3.63, 3.8) is 0 Å². The molecule has 3 aromatic rings. The number of nitrogens with one attached hydrogen (secondary N) is 1. The molecular formula is C32H44ClN7O2. The summed E-state index contributed by atoms with van der Waals surface area (Å²) in [6.07, 6.45) is 9.55. The van der Waals surface area contributed by atoms with Crippen LogP contribution in [0.25, 0.3) is 22.0 Å². The van der Waals surface area contributed by atoms with Crippen LogP contribution >= 0.6 is 11.6 Å². The van der Waals surface area contributed by atoms with Crippen LogP contribution in [0.4, 0.5) is 5.82 Å². The molecule has 42 heavy (non-hydrogen) atoms. The first-order valence-electron chi connectivity index (χ1n) is 15.4. The number of halogens is 1. The van der Waals surface area contributed by atoms with Crippen molar-refractivity contribution in [1.82, 2.24) is 29.8 Å². The second-order valence-electron chi connectivity index (χ2n) is 13.3. The van der Waals surface area contributed by atoms with Gasteiger partial charge in [-0.05, 0) is 71.1 Å². The third-order valence-electron chi connectivity index (χ3n) is 9.67. The van der Waals surface area contributed by atoms with E-state index in [9.17, 15) is 9.90 Å². The fraction of sp³-hybridized carbons (Fsp3) is 0.594. The number of anilines is 1. The third-order valence-corrected chi connectivity index (χ3v) is 10.2. The molecule has 3 fully saturated rings. The van der Waals surface area contributed by atoms with E-state index in [1.165, 1.54) is 18.9 Å². The van der Waals surface area contributed by atoms with Crippen molar-refractivity contribution in [2.45, 2.75) is 83.4 Å². The summed E-state index contributed by atoms with van der Waals surface area (Å²) >= 11 is 7.17. The number of aliphatic hydroxyl groups is 1. The molecule has 1 spiro atoms. The second kappa shape index (κ2) is 11.0. The second-order valence-corrected chi connectivity index (χ2v) is 13.7. The van der Waals surface area contributed by atoms with Gasteiger partial charge in [0.25, 0.3) is 0 Å². The molecule has 1 saturated carbocycles. The summed E-state index contributed by atoms with van der Waals surface area (Å²) in [7, 11) is 0. The molecule has 4 heterocycles. The van der Waals surface area contributed by atoms with Crippen LogP contribution in [0.15, 0.2) is 24.9 Å². The SMILES string of the molecule is C=CC(=O)N1CCC(n2nc(N3CCN(CC(C)(C)O)CC34CCCC4)c(-c3c(Cl)c(C)cc4[nH]ncc34)c2C)CC1. The summed E-state index contributed by atoms with van der Waals surface area (Å²) in [6.45, 7) is 16.3.